The minimum absolute atomic E-state index is 0.0476. The molecule has 0 saturated carbocycles. The second-order valence-corrected chi connectivity index (χ2v) is 8.53. The minimum Gasteiger partial charge on any atom is -0.318 e. The number of nitrogens with two attached hydrogens (primary N) is 1. The Balaban J connectivity index is 1.72. The van der Waals surface area contributed by atoms with Gasteiger partial charge in [-0.1, -0.05) is 11.6 Å². The number of hydrogen-bond acceptors (Lipinski definition) is 4. The summed E-state index contributed by atoms with van der Waals surface area (Å²) >= 11 is 5.81. The summed E-state index contributed by atoms with van der Waals surface area (Å²) in [6.07, 6.45) is 1.54. The molecule has 10 heteroatoms. The number of hydrogen-bond donors (Lipinski definition) is 3. The maximum absolute atomic E-state index is 11.9. The van der Waals surface area contributed by atoms with E-state index in [0.717, 1.165) is 22.6 Å². The van der Waals surface area contributed by atoms with Gasteiger partial charge in [-0.25, -0.2) is 23.8 Å². The van der Waals surface area contributed by atoms with Gasteiger partial charge in [-0.15, -0.1) is 0 Å². The van der Waals surface area contributed by atoms with Gasteiger partial charge < -0.3 is 9.88 Å². The summed E-state index contributed by atoms with van der Waals surface area (Å²) in [5.74, 6) is 0. The number of anilines is 1. The van der Waals surface area contributed by atoms with Crippen LogP contribution in [0.4, 0.5) is 10.5 Å². The van der Waals surface area contributed by atoms with Crippen LogP contribution in [-0.2, 0) is 10.0 Å². The van der Waals surface area contributed by atoms with Crippen molar-refractivity contribution in [1.29, 1.82) is 0 Å². The number of nitrogens with one attached hydrogen (secondary N) is 2. The molecule has 1 aromatic heterocycles. The van der Waals surface area contributed by atoms with E-state index >= 15 is 0 Å². The highest BCUT2D eigenvalue weighted by Gasteiger charge is 2.12. The molecular formula is C20H20ClN5O3S. The molecule has 3 rings (SSSR count). The Labute approximate surface area is 179 Å². The summed E-state index contributed by atoms with van der Waals surface area (Å²) in [5, 5.41) is 12.4. The van der Waals surface area contributed by atoms with E-state index in [0.29, 0.717) is 10.7 Å². The number of urea groups is 1. The summed E-state index contributed by atoms with van der Waals surface area (Å²) < 4.78 is 24.8. The van der Waals surface area contributed by atoms with Gasteiger partial charge in [0, 0.05) is 33.3 Å². The van der Waals surface area contributed by atoms with Crippen LogP contribution in [0, 0.1) is 13.8 Å². The number of sulfonamides is 1. The lowest BCUT2D eigenvalue weighted by Gasteiger charge is -2.10. The molecule has 0 aliphatic carbocycles. The predicted molar refractivity (Wildman–Crippen MR) is 118 cm³/mol. The molecule has 0 aliphatic heterocycles. The number of halogens is 1. The number of carbonyl (C=O) groups is 1. The second-order valence-electron chi connectivity index (χ2n) is 6.53. The van der Waals surface area contributed by atoms with Gasteiger partial charge in [0.05, 0.1) is 11.1 Å². The number of hydrazone groups is 1. The first-order valence-corrected chi connectivity index (χ1v) is 10.8. The van der Waals surface area contributed by atoms with E-state index in [1.54, 1.807) is 42.6 Å². The maximum Gasteiger partial charge on any atom is 0.339 e. The molecule has 0 radical (unpaired) electrons. The highest BCUT2D eigenvalue weighted by molar-refractivity contribution is 7.89. The van der Waals surface area contributed by atoms with Crippen molar-refractivity contribution in [3.8, 4) is 5.69 Å². The summed E-state index contributed by atoms with van der Waals surface area (Å²) in [6.45, 7) is 3.81. The van der Waals surface area contributed by atoms with Crippen molar-refractivity contribution >= 4 is 39.6 Å². The SMILES string of the molecule is Cc1cc(/C=N/NC(=O)Nc2ccc(Cl)cc2)c(C)n1-c1ccc(S(N)(=O)=O)cc1. The third kappa shape index (κ3) is 5.07. The van der Waals surface area contributed by atoms with E-state index in [2.05, 4.69) is 15.8 Å². The first-order valence-electron chi connectivity index (χ1n) is 8.83. The summed E-state index contributed by atoms with van der Waals surface area (Å²) in [5.41, 5.74) is 6.38. The molecule has 0 atom stereocenters. The van der Waals surface area contributed by atoms with Gasteiger partial charge in [-0.05, 0) is 68.4 Å². The molecule has 0 aliphatic rings. The van der Waals surface area contributed by atoms with Gasteiger partial charge in [-0.3, -0.25) is 0 Å². The van der Waals surface area contributed by atoms with E-state index in [1.165, 1.54) is 12.1 Å². The van der Waals surface area contributed by atoms with Crippen molar-refractivity contribution in [3.05, 3.63) is 76.6 Å². The van der Waals surface area contributed by atoms with E-state index in [9.17, 15) is 13.2 Å². The number of carbonyl (C=O) groups excluding carboxylic acids is 1. The highest BCUT2D eigenvalue weighted by Crippen LogP contribution is 2.21. The van der Waals surface area contributed by atoms with Crippen molar-refractivity contribution < 1.29 is 13.2 Å². The third-order valence-corrected chi connectivity index (χ3v) is 5.55. The fourth-order valence-electron chi connectivity index (χ4n) is 2.95. The first-order chi connectivity index (χ1) is 14.1. The van der Waals surface area contributed by atoms with Gasteiger partial charge in [0.25, 0.3) is 0 Å². The van der Waals surface area contributed by atoms with Crippen LogP contribution in [-0.4, -0.2) is 25.2 Å². The number of benzene rings is 2. The molecule has 3 aromatic rings. The van der Waals surface area contributed by atoms with Gasteiger partial charge in [0.1, 0.15) is 0 Å². The second kappa shape index (κ2) is 8.70. The van der Waals surface area contributed by atoms with Gasteiger partial charge >= 0.3 is 6.03 Å². The highest BCUT2D eigenvalue weighted by atomic mass is 35.5. The summed E-state index contributed by atoms with van der Waals surface area (Å²) in [6, 6.07) is 14.4. The van der Waals surface area contributed by atoms with Crippen LogP contribution in [0.2, 0.25) is 5.02 Å². The maximum atomic E-state index is 11.9. The van der Waals surface area contributed by atoms with E-state index in [4.69, 9.17) is 16.7 Å². The molecule has 0 spiro atoms. The summed E-state index contributed by atoms with van der Waals surface area (Å²) in [4.78, 5) is 12.0. The Hall–Kier alpha value is -3.14. The normalized spacial score (nSPS) is 11.6. The van der Waals surface area contributed by atoms with Crippen LogP contribution >= 0.6 is 11.6 Å². The van der Waals surface area contributed by atoms with Crippen LogP contribution in [0.3, 0.4) is 0 Å². The quantitative estimate of drug-likeness (QED) is 0.411. The van der Waals surface area contributed by atoms with Gasteiger partial charge in [0.2, 0.25) is 10.0 Å². The van der Waals surface area contributed by atoms with E-state index in [1.807, 2.05) is 24.5 Å². The fraction of sp³-hybridized carbons (Fsp3) is 0.100. The standard InChI is InChI=1S/C20H20ClN5O3S/c1-13-11-15(12-23-25-20(27)24-17-5-3-16(21)4-6-17)14(2)26(13)18-7-9-19(10-8-18)30(22,28)29/h3-12H,1-2H3,(H2,22,28,29)(H2,24,25,27)/b23-12+. The molecular weight excluding hydrogens is 426 g/mol. The Morgan fingerprint density at radius 3 is 2.33 bits per heavy atom. The number of aryl methyl sites for hydroxylation is 1. The molecule has 156 valence electrons. The Bertz CT molecular complexity index is 1200. The largest absolute Gasteiger partial charge is 0.339 e. The zero-order chi connectivity index (χ0) is 21.9. The molecule has 2 aromatic carbocycles. The number of rotatable bonds is 5. The lowest BCUT2D eigenvalue weighted by Crippen LogP contribution is -2.24. The van der Waals surface area contributed by atoms with Crippen molar-refractivity contribution in [3.63, 3.8) is 0 Å². The van der Waals surface area contributed by atoms with Crippen molar-refractivity contribution in [2.24, 2.45) is 10.2 Å². The van der Waals surface area contributed by atoms with E-state index < -0.39 is 16.1 Å². The average molecular weight is 446 g/mol. The van der Waals surface area contributed by atoms with Crippen molar-refractivity contribution in [2.45, 2.75) is 18.7 Å². The molecule has 2 amide bonds. The van der Waals surface area contributed by atoms with Gasteiger partial charge in [0.15, 0.2) is 0 Å². The number of aromatic nitrogens is 1. The van der Waals surface area contributed by atoms with Crippen molar-refractivity contribution in [2.75, 3.05) is 5.32 Å². The Morgan fingerprint density at radius 2 is 1.73 bits per heavy atom. The molecule has 1 heterocycles. The summed E-state index contributed by atoms with van der Waals surface area (Å²) in [7, 11) is -3.74. The average Bonchev–Trinajstić information content (AvgIpc) is 2.96. The smallest absolute Gasteiger partial charge is 0.318 e. The minimum atomic E-state index is -3.74. The topological polar surface area (TPSA) is 119 Å². The van der Waals surface area contributed by atoms with Crippen molar-refractivity contribution in [1.82, 2.24) is 9.99 Å². The molecule has 0 fully saturated rings. The molecule has 0 saturated heterocycles. The molecule has 0 bridgehead atoms. The van der Waals surface area contributed by atoms with Crippen LogP contribution in [0.1, 0.15) is 17.0 Å². The molecule has 30 heavy (non-hydrogen) atoms. The molecule has 0 unspecified atom stereocenters. The van der Waals surface area contributed by atoms with Crippen LogP contribution in [0.25, 0.3) is 5.69 Å². The molecule has 8 nitrogen and oxygen atoms in total. The van der Waals surface area contributed by atoms with E-state index in [-0.39, 0.29) is 4.90 Å². The lowest BCUT2D eigenvalue weighted by atomic mass is 10.2. The third-order valence-electron chi connectivity index (χ3n) is 4.37. The zero-order valence-corrected chi connectivity index (χ0v) is 17.8. The Kier molecular flexibility index (Phi) is 6.25. The van der Waals surface area contributed by atoms with Crippen LogP contribution < -0.4 is 15.9 Å². The first kappa shape index (κ1) is 21.6. The number of primary sulfonamides is 1. The van der Waals surface area contributed by atoms with Gasteiger partial charge in [-0.2, -0.15) is 5.10 Å². The lowest BCUT2D eigenvalue weighted by molar-refractivity contribution is 0.252. The Morgan fingerprint density at radius 1 is 1.10 bits per heavy atom. The zero-order valence-electron chi connectivity index (χ0n) is 16.3. The fourth-order valence-corrected chi connectivity index (χ4v) is 3.59. The number of amides is 2. The van der Waals surface area contributed by atoms with Crippen LogP contribution in [0.15, 0.2) is 64.6 Å². The van der Waals surface area contributed by atoms with Crippen LogP contribution in [0.5, 0.6) is 0 Å². The predicted octanol–water partition coefficient (Wildman–Crippen LogP) is 3.55. The molecule has 4 N–H and O–H groups in total. The number of nitrogens with zero attached hydrogens (tertiary/aromatic N) is 2. The monoisotopic (exact) mass is 445 g/mol.